The molecule has 138 valence electrons. The number of pyridine rings is 1. The van der Waals surface area contributed by atoms with Gasteiger partial charge in [0.2, 0.25) is 0 Å². The minimum absolute atomic E-state index is 0.0452. The highest BCUT2D eigenvalue weighted by Crippen LogP contribution is 2.07. The fraction of sp³-hybridized carbons (Fsp3) is 0.500. The van der Waals surface area contributed by atoms with Crippen molar-refractivity contribution in [2.24, 2.45) is 0 Å². The molecule has 0 bridgehead atoms. The molecule has 8 nitrogen and oxygen atoms in total. The molecule has 0 fully saturated rings. The summed E-state index contributed by atoms with van der Waals surface area (Å²) in [6.45, 7) is 6.55. The second-order valence-corrected chi connectivity index (χ2v) is 6.67. The van der Waals surface area contributed by atoms with E-state index in [0.717, 1.165) is 0 Å². The van der Waals surface area contributed by atoms with Crippen LogP contribution in [0.25, 0.3) is 0 Å². The summed E-state index contributed by atoms with van der Waals surface area (Å²) < 4.78 is 10.1. The molecule has 2 amide bonds. The Labute approximate surface area is 151 Å². The van der Waals surface area contributed by atoms with E-state index in [1.54, 1.807) is 27.7 Å². The highest BCUT2D eigenvalue weighted by Gasteiger charge is 2.18. The maximum atomic E-state index is 11.8. The van der Waals surface area contributed by atoms with Crippen LogP contribution in [-0.2, 0) is 14.3 Å². The van der Waals surface area contributed by atoms with E-state index in [4.69, 9.17) is 21.1 Å². The molecular weight excluding hydrogens is 350 g/mol. The molecule has 0 aliphatic carbocycles. The van der Waals surface area contributed by atoms with E-state index >= 15 is 0 Å². The predicted octanol–water partition coefficient (Wildman–Crippen LogP) is 1.92. The lowest BCUT2D eigenvalue weighted by molar-refractivity contribution is -0.143. The fourth-order valence-corrected chi connectivity index (χ4v) is 1.70. The first-order chi connectivity index (χ1) is 11.6. The standard InChI is InChI=1S/C16H22ClN3O5/c1-10(20-15(23)25-16(2,3)4)9-24-13(21)8-19-14(22)11-5-6-12(17)18-7-11/h5-7,10H,8-9H2,1-4H3,(H,19,22)(H,20,23). The quantitative estimate of drug-likeness (QED) is 0.584. The number of hydrogen-bond acceptors (Lipinski definition) is 6. The number of alkyl carbamates (subject to hydrolysis) is 1. The van der Waals surface area contributed by atoms with Crippen LogP contribution in [0.3, 0.4) is 0 Å². The van der Waals surface area contributed by atoms with Gasteiger partial charge in [0, 0.05) is 6.20 Å². The van der Waals surface area contributed by atoms with Gasteiger partial charge < -0.3 is 20.1 Å². The topological polar surface area (TPSA) is 107 Å². The molecule has 9 heteroatoms. The predicted molar refractivity (Wildman–Crippen MR) is 91.4 cm³/mol. The SMILES string of the molecule is CC(COC(=O)CNC(=O)c1ccc(Cl)nc1)NC(=O)OC(C)(C)C. The number of amides is 2. The van der Waals surface area contributed by atoms with Gasteiger partial charge in [0.05, 0.1) is 11.6 Å². The van der Waals surface area contributed by atoms with Gasteiger partial charge in [-0.25, -0.2) is 9.78 Å². The summed E-state index contributed by atoms with van der Waals surface area (Å²) in [6, 6.07) is 2.52. The highest BCUT2D eigenvalue weighted by atomic mass is 35.5. The minimum Gasteiger partial charge on any atom is -0.462 e. The third-order valence-electron chi connectivity index (χ3n) is 2.64. The van der Waals surface area contributed by atoms with Crippen LogP contribution in [0.4, 0.5) is 4.79 Å². The molecule has 0 spiro atoms. The van der Waals surface area contributed by atoms with Crippen LogP contribution in [-0.4, -0.2) is 47.7 Å². The Morgan fingerprint density at radius 3 is 2.52 bits per heavy atom. The number of hydrogen-bond donors (Lipinski definition) is 2. The molecule has 2 N–H and O–H groups in total. The van der Waals surface area contributed by atoms with Gasteiger partial charge in [-0.05, 0) is 39.8 Å². The molecule has 0 aliphatic heterocycles. The summed E-state index contributed by atoms with van der Waals surface area (Å²) in [7, 11) is 0. The van der Waals surface area contributed by atoms with Crippen molar-refractivity contribution >= 4 is 29.6 Å². The van der Waals surface area contributed by atoms with Crippen LogP contribution in [0.5, 0.6) is 0 Å². The van der Waals surface area contributed by atoms with Crippen molar-refractivity contribution in [3.63, 3.8) is 0 Å². The number of carbonyl (C=O) groups is 3. The van der Waals surface area contributed by atoms with Crippen LogP contribution in [0.15, 0.2) is 18.3 Å². The fourth-order valence-electron chi connectivity index (χ4n) is 1.58. The Bertz CT molecular complexity index is 613. The van der Waals surface area contributed by atoms with E-state index in [-0.39, 0.29) is 23.9 Å². The minimum atomic E-state index is -0.631. The van der Waals surface area contributed by atoms with E-state index in [1.807, 2.05) is 0 Å². The lowest BCUT2D eigenvalue weighted by atomic mass is 10.2. The van der Waals surface area contributed by atoms with Gasteiger partial charge in [0.15, 0.2) is 0 Å². The number of carbonyl (C=O) groups excluding carboxylic acids is 3. The summed E-state index contributed by atoms with van der Waals surface area (Å²) in [6.07, 6.45) is 0.704. The van der Waals surface area contributed by atoms with Crippen LogP contribution >= 0.6 is 11.6 Å². The Morgan fingerprint density at radius 1 is 1.28 bits per heavy atom. The maximum Gasteiger partial charge on any atom is 0.407 e. The lowest BCUT2D eigenvalue weighted by Gasteiger charge is -2.21. The molecule has 0 aliphatic rings. The maximum absolute atomic E-state index is 11.8. The number of nitrogens with one attached hydrogen (secondary N) is 2. The zero-order valence-electron chi connectivity index (χ0n) is 14.6. The summed E-state index contributed by atoms with van der Waals surface area (Å²) >= 11 is 5.63. The van der Waals surface area contributed by atoms with Crippen molar-refractivity contribution in [2.45, 2.75) is 39.3 Å². The highest BCUT2D eigenvalue weighted by molar-refractivity contribution is 6.29. The van der Waals surface area contributed by atoms with E-state index in [2.05, 4.69) is 15.6 Å². The second-order valence-electron chi connectivity index (χ2n) is 6.28. The summed E-state index contributed by atoms with van der Waals surface area (Å²) in [5.74, 6) is -1.10. The summed E-state index contributed by atoms with van der Waals surface area (Å²) in [5, 5.41) is 5.21. The van der Waals surface area contributed by atoms with Crippen molar-refractivity contribution in [2.75, 3.05) is 13.2 Å². The molecule has 1 heterocycles. The van der Waals surface area contributed by atoms with Gasteiger partial charge in [-0.1, -0.05) is 11.6 Å². The van der Waals surface area contributed by atoms with Gasteiger partial charge in [0.25, 0.3) is 5.91 Å². The number of rotatable bonds is 6. The first kappa shape index (κ1) is 20.7. The van der Waals surface area contributed by atoms with E-state index < -0.39 is 29.6 Å². The zero-order chi connectivity index (χ0) is 19.0. The normalized spacial score (nSPS) is 12.0. The number of esters is 1. The molecule has 25 heavy (non-hydrogen) atoms. The molecule has 1 unspecified atom stereocenters. The van der Waals surface area contributed by atoms with Crippen molar-refractivity contribution in [1.82, 2.24) is 15.6 Å². The lowest BCUT2D eigenvalue weighted by Crippen LogP contribution is -2.41. The van der Waals surface area contributed by atoms with Crippen LogP contribution < -0.4 is 10.6 Å². The first-order valence-electron chi connectivity index (χ1n) is 7.61. The molecule has 0 aromatic carbocycles. The molecule has 0 saturated carbocycles. The van der Waals surface area contributed by atoms with E-state index in [9.17, 15) is 14.4 Å². The van der Waals surface area contributed by atoms with Gasteiger partial charge in [-0.15, -0.1) is 0 Å². The van der Waals surface area contributed by atoms with Crippen LogP contribution in [0, 0.1) is 0 Å². The Hall–Kier alpha value is -2.35. The van der Waals surface area contributed by atoms with Crippen molar-refractivity contribution in [3.05, 3.63) is 29.0 Å². The Balaban J connectivity index is 2.29. The molecule has 1 aromatic heterocycles. The molecule has 1 rings (SSSR count). The molecule has 1 aromatic rings. The average molecular weight is 372 g/mol. The van der Waals surface area contributed by atoms with Crippen LogP contribution in [0.2, 0.25) is 5.15 Å². The molecular formula is C16H22ClN3O5. The number of halogens is 1. The molecule has 0 saturated heterocycles. The Kier molecular flexibility index (Phi) is 7.63. The van der Waals surface area contributed by atoms with E-state index in [0.29, 0.717) is 0 Å². The zero-order valence-corrected chi connectivity index (χ0v) is 15.3. The molecule has 0 radical (unpaired) electrons. The van der Waals surface area contributed by atoms with E-state index in [1.165, 1.54) is 18.3 Å². The van der Waals surface area contributed by atoms with Gasteiger partial charge >= 0.3 is 12.1 Å². The third kappa shape index (κ3) is 8.90. The second kappa shape index (κ2) is 9.22. The molecule has 1 atom stereocenters. The summed E-state index contributed by atoms with van der Waals surface area (Å²) in [5.41, 5.74) is -0.335. The average Bonchev–Trinajstić information content (AvgIpc) is 2.49. The summed E-state index contributed by atoms with van der Waals surface area (Å²) in [4.78, 5) is 38.8. The van der Waals surface area contributed by atoms with Gasteiger partial charge in [-0.2, -0.15) is 0 Å². The number of aromatic nitrogens is 1. The number of nitrogens with zero attached hydrogens (tertiary/aromatic N) is 1. The monoisotopic (exact) mass is 371 g/mol. The van der Waals surface area contributed by atoms with Gasteiger partial charge in [-0.3, -0.25) is 9.59 Å². The Morgan fingerprint density at radius 2 is 1.96 bits per heavy atom. The smallest absolute Gasteiger partial charge is 0.407 e. The van der Waals surface area contributed by atoms with Crippen molar-refractivity contribution in [3.8, 4) is 0 Å². The first-order valence-corrected chi connectivity index (χ1v) is 7.99. The van der Waals surface area contributed by atoms with Crippen molar-refractivity contribution < 1.29 is 23.9 Å². The van der Waals surface area contributed by atoms with Crippen molar-refractivity contribution in [1.29, 1.82) is 0 Å². The number of ether oxygens (including phenoxy) is 2. The third-order valence-corrected chi connectivity index (χ3v) is 2.86. The van der Waals surface area contributed by atoms with Gasteiger partial charge in [0.1, 0.15) is 23.9 Å². The largest absolute Gasteiger partial charge is 0.462 e. The van der Waals surface area contributed by atoms with Crippen LogP contribution in [0.1, 0.15) is 38.1 Å².